The molecular formula is C7H7F3N2O3S. The minimum Gasteiger partial charge on any atom is -0.440 e. The summed E-state index contributed by atoms with van der Waals surface area (Å²) < 4.78 is 38.8. The highest BCUT2D eigenvalue weighted by Crippen LogP contribution is 2.14. The second-order valence-corrected chi connectivity index (χ2v) is 3.56. The van der Waals surface area contributed by atoms with E-state index in [-0.39, 0.29) is 11.4 Å². The zero-order valence-corrected chi connectivity index (χ0v) is 8.57. The molecule has 5 nitrogen and oxygen atoms in total. The maximum Gasteiger partial charge on any atom is 0.422 e. The molecule has 0 fully saturated rings. The Balaban J connectivity index is 2.28. The maximum absolute atomic E-state index is 11.6. The highest BCUT2D eigenvalue weighted by Gasteiger charge is 2.29. The summed E-state index contributed by atoms with van der Waals surface area (Å²) in [5.74, 6) is 0. The first-order valence-corrected chi connectivity index (χ1v) is 4.89. The maximum atomic E-state index is 11.6. The zero-order valence-electron chi connectivity index (χ0n) is 7.76. The SMILES string of the molecule is O=C(NCc1csc(=O)[nH]1)OCC(F)(F)F. The number of H-pyrrole nitrogens is 1. The van der Waals surface area contributed by atoms with E-state index >= 15 is 0 Å². The van der Waals surface area contributed by atoms with E-state index in [2.05, 4.69) is 15.0 Å². The monoisotopic (exact) mass is 256 g/mol. The highest BCUT2D eigenvalue weighted by molar-refractivity contribution is 7.07. The van der Waals surface area contributed by atoms with Crippen molar-refractivity contribution >= 4 is 17.4 Å². The van der Waals surface area contributed by atoms with Gasteiger partial charge in [-0.2, -0.15) is 13.2 Å². The first-order valence-electron chi connectivity index (χ1n) is 4.01. The molecule has 0 bridgehead atoms. The number of ether oxygens (including phenoxy) is 1. The number of aromatic nitrogens is 1. The quantitative estimate of drug-likeness (QED) is 0.854. The predicted octanol–water partition coefficient (Wildman–Crippen LogP) is 1.22. The van der Waals surface area contributed by atoms with Gasteiger partial charge in [0, 0.05) is 11.1 Å². The van der Waals surface area contributed by atoms with Gasteiger partial charge in [0.25, 0.3) is 0 Å². The van der Waals surface area contributed by atoms with E-state index in [1.807, 2.05) is 0 Å². The fourth-order valence-corrected chi connectivity index (χ4v) is 1.35. The molecule has 1 amide bonds. The lowest BCUT2D eigenvalue weighted by Gasteiger charge is -2.08. The Morgan fingerprint density at radius 3 is 2.75 bits per heavy atom. The predicted molar refractivity (Wildman–Crippen MR) is 49.2 cm³/mol. The van der Waals surface area contributed by atoms with Crippen LogP contribution < -0.4 is 10.2 Å². The van der Waals surface area contributed by atoms with Gasteiger partial charge < -0.3 is 15.0 Å². The van der Waals surface area contributed by atoms with Crippen molar-refractivity contribution in [1.29, 1.82) is 0 Å². The van der Waals surface area contributed by atoms with Crippen molar-refractivity contribution < 1.29 is 22.7 Å². The fraction of sp³-hybridized carbons (Fsp3) is 0.429. The van der Waals surface area contributed by atoms with E-state index in [1.54, 1.807) is 0 Å². The minimum atomic E-state index is -4.55. The van der Waals surface area contributed by atoms with Crippen LogP contribution in [0.3, 0.4) is 0 Å². The molecule has 1 aromatic heterocycles. The number of aromatic amines is 1. The van der Waals surface area contributed by atoms with Crippen molar-refractivity contribution in [1.82, 2.24) is 10.3 Å². The van der Waals surface area contributed by atoms with Gasteiger partial charge in [0.2, 0.25) is 0 Å². The Morgan fingerprint density at radius 1 is 1.56 bits per heavy atom. The number of alkyl carbamates (subject to hydrolysis) is 1. The van der Waals surface area contributed by atoms with Gasteiger partial charge in [-0.3, -0.25) is 4.79 Å². The number of hydrogen-bond acceptors (Lipinski definition) is 4. The van der Waals surface area contributed by atoms with E-state index < -0.39 is 18.9 Å². The summed E-state index contributed by atoms with van der Waals surface area (Å²) in [6.07, 6.45) is -5.74. The van der Waals surface area contributed by atoms with Crippen molar-refractivity contribution in [2.45, 2.75) is 12.7 Å². The topological polar surface area (TPSA) is 71.2 Å². The third-order valence-corrected chi connectivity index (χ3v) is 2.08. The van der Waals surface area contributed by atoms with Crippen LogP contribution in [0.15, 0.2) is 10.2 Å². The van der Waals surface area contributed by atoms with Crippen LogP contribution in [0, 0.1) is 0 Å². The van der Waals surface area contributed by atoms with E-state index in [1.165, 1.54) is 5.38 Å². The van der Waals surface area contributed by atoms with Gasteiger partial charge in [0.05, 0.1) is 6.54 Å². The summed E-state index contributed by atoms with van der Waals surface area (Å²) in [5.41, 5.74) is 0.402. The Morgan fingerprint density at radius 2 is 2.25 bits per heavy atom. The molecule has 0 unspecified atom stereocenters. The van der Waals surface area contributed by atoms with Gasteiger partial charge in [-0.25, -0.2) is 4.79 Å². The van der Waals surface area contributed by atoms with Crippen LogP contribution in [0.25, 0.3) is 0 Å². The largest absolute Gasteiger partial charge is 0.440 e. The Bertz CT molecular complexity index is 411. The molecule has 0 aliphatic carbocycles. The van der Waals surface area contributed by atoms with Gasteiger partial charge in [0.15, 0.2) is 6.61 Å². The Labute approximate surface area is 91.2 Å². The van der Waals surface area contributed by atoms with Crippen LogP contribution in [0.5, 0.6) is 0 Å². The van der Waals surface area contributed by atoms with Crippen LogP contribution in [-0.2, 0) is 11.3 Å². The number of thiazole rings is 1. The fourth-order valence-electron chi connectivity index (χ4n) is 0.766. The molecule has 0 spiro atoms. The average molecular weight is 256 g/mol. The third kappa shape index (κ3) is 4.82. The lowest BCUT2D eigenvalue weighted by Crippen LogP contribution is -2.28. The van der Waals surface area contributed by atoms with Crippen molar-refractivity contribution in [2.24, 2.45) is 0 Å². The summed E-state index contributed by atoms with van der Waals surface area (Å²) in [7, 11) is 0. The molecule has 90 valence electrons. The van der Waals surface area contributed by atoms with E-state index in [9.17, 15) is 22.8 Å². The van der Waals surface area contributed by atoms with Crippen LogP contribution in [-0.4, -0.2) is 23.9 Å². The van der Waals surface area contributed by atoms with Crippen molar-refractivity contribution in [2.75, 3.05) is 6.61 Å². The van der Waals surface area contributed by atoms with Gasteiger partial charge in [-0.15, -0.1) is 0 Å². The molecule has 16 heavy (non-hydrogen) atoms. The second-order valence-electron chi connectivity index (χ2n) is 2.72. The van der Waals surface area contributed by atoms with Crippen molar-refractivity contribution in [3.63, 3.8) is 0 Å². The van der Waals surface area contributed by atoms with Crippen LogP contribution in [0.2, 0.25) is 0 Å². The number of hydrogen-bond donors (Lipinski definition) is 2. The number of carbonyl (C=O) groups excluding carboxylic acids is 1. The molecule has 9 heteroatoms. The van der Waals surface area contributed by atoms with E-state index in [4.69, 9.17) is 0 Å². The van der Waals surface area contributed by atoms with Crippen LogP contribution >= 0.6 is 11.3 Å². The smallest absolute Gasteiger partial charge is 0.422 e. The first kappa shape index (κ1) is 12.6. The molecule has 0 aliphatic heterocycles. The lowest BCUT2D eigenvalue weighted by molar-refractivity contribution is -0.160. The first-order chi connectivity index (χ1) is 7.37. The lowest BCUT2D eigenvalue weighted by atomic mass is 10.5. The molecular weight excluding hydrogens is 249 g/mol. The summed E-state index contributed by atoms with van der Waals surface area (Å²) in [6, 6.07) is 0. The van der Waals surface area contributed by atoms with Crippen LogP contribution in [0.1, 0.15) is 5.69 Å². The highest BCUT2D eigenvalue weighted by atomic mass is 32.1. The molecule has 2 N–H and O–H groups in total. The summed E-state index contributed by atoms with van der Waals surface area (Å²) in [4.78, 5) is 23.5. The molecule has 1 heterocycles. The summed E-state index contributed by atoms with van der Waals surface area (Å²) in [5, 5.41) is 3.51. The molecule has 1 rings (SSSR count). The van der Waals surface area contributed by atoms with E-state index in [0.29, 0.717) is 5.69 Å². The standard InChI is InChI=1S/C7H7F3N2O3S/c8-7(9,10)3-15-5(13)11-1-4-2-16-6(14)12-4/h2H,1,3H2,(H,11,13)(H,12,14). The second kappa shape index (κ2) is 5.01. The molecule has 0 saturated carbocycles. The molecule has 0 aromatic carbocycles. The molecule has 0 radical (unpaired) electrons. The third-order valence-electron chi connectivity index (χ3n) is 1.36. The Hall–Kier alpha value is -1.51. The number of rotatable bonds is 3. The summed E-state index contributed by atoms with van der Waals surface area (Å²) in [6.45, 7) is -1.73. The molecule has 0 aliphatic rings. The molecule has 0 saturated heterocycles. The van der Waals surface area contributed by atoms with Gasteiger partial charge in [-0.1, -0.05) is 11.3 Å². The number of nitrogens with one attached hydrogen (secondary N) is 2. The number of amides is 1. The van der Waals surface area contributed by atoms with Gasteiger partial charge >= 0.3 is 17.1 Å². The minimum absolute atomic E-state index is 0.0879. The summed E-state index contributed by atoms with van der Waals surface area (Å²) >= 11 is 0.890. The van der Waals surface area contributed by atoms with Gasteiger partial charge in [-0.05, 0) is 0 Å². The Kier molecular flexibility index (Phi) is 3.93. The normalized spacial score (nSPS) is 11.2. The van der Waals surface area contributed by atoms with Crippen molar-refractivity contribution in [3.8, 4) is 0 Å². The van der Waals surface area contributed by atoms with Crippen LogP contribution in [0.4, 0.5) is 18.0 Å². The van der Waals surface area contributed by atoms with Crippen molar-refractivity contribution in [3.05, 3.63) is 20.7 Å². The number of alkyl halides is 3. The molecule has 0 atom stereocenters. The van der Waals surface area contributed by atoms with Gasteiger partial charge in [0.1, 0.15) is 0 Å². The molecule has 1 aromatic rings. The van der Waals surface area contributed by atoms with E-state index in [0.717, 1.165) is 11.3 Å². The number of carbonyl (C=O) groups is 1. The average Bonchev–Trinajstić information content (AvgIpc) is 2.57. The number of halogens is 3. The zero-order chi connectivity index (χ0) is 12.2.